The number of anilines is 1. The summed E-state index contributed by atoms with van der Waals surface area (Å²) in [4.78, 5) is 154. The number of nitrogens with one attached hydrogen (secondary N) is 4. The van der Waals surface area contributed by atoms with Crippen molar-refractivity contribution in [2.45, 2.75) is 201 Å². The molecule has 2 aliphatic heterocycles. The number of terminal acetylenes is 1. The predicted molar refractivity (Wildman–Crippen MR) is 386 cm³/mol. The molecule has 0 aliphatic carbocycles. The predicted octanol–water partition coefficient (Wildman–Crippen LogP) is 4.19. The summed E-state index contributed by atoms with van der Waals surface area (Å²) in [5, 5.41) is 22.2. The zero-order chi connectivity index (χ0) is 79.6. The van der Waals surface area contributed by atoms with Crippen LogP contribution in [0.25, 0.3) is 0 Å². The van der Waals surface area contributed by atoms with Gasteiger partial charge in [-0.3, -0.25) is 48.1 Å². The fourth-order valence-electron chi connectivity index (χ4n) is 12.7. The molecule has 2 heterocycles. The third-order valence-electron chi connectivity index (χ3n) is 18.3. The summed E-state index contributed by atoms with van der Waals surface area (Å²) >= 11 is 0. The molecule has 0 saturated carbocycles. The number of amides is 7. The van der Waals surface area contributed by atoms with Crippen molar-refractivity contribution in [2.75, 3.05) is 107 Å². The molecule has 0 bridgehead atoms. The first kappa shape index (κ1) is 90.8. The lowest BCUT2D eigenvalue weighted by Crippen LogP contribution is -2.64. The average molecular weight is 1510 g/mol. The SMILES string of the molecule is C#CCOCCOCCOCCOCCNC(=O)CCC(=O)Nc1ccc(O[C@@H]2OC(C(=O)OC)[C@@H](OC(C)=O)C(OC(C)=O)C2OC(C)=O)c(COC(=O)N(C)[C@H](C(=O)N[C@H](C(=O)N(C)[C@@H]([C@@H](C)CC)[C@@H](CC(=O)N2CCC[C@H]2[C@H](OC)[C@@H](C)C(=O)N[C@H](C)[C@@H](O)c2ccccc2)OC)C(C)C)C(C)C)c1. The summed E-state index contributed by atoms with van der Waals surface area (Å²) in [5.74, 6) is -6.89. The third-order valence-corrected chi connectivity index (χ3v) is 18.3. The van der Waals surface area contributed by atoms with Crippen molar-refractivity contribution in [3.63, 3.8) is 0 Å². The van der Waals surface area contributed by atoms with Crippen LogP contribution in [0.15, 0.2) is 48.5 Å². The molecule has 0 aromatic heterocycles. The van der Waals surface area contributed by atoms with E-state index in [1.807, 2.05) is 19.9 Å². The quantitative estimate of drug-likeness (QED) is 0.0269. The van der Waals surface area contributed by atoms with Gasteiger partial charge in [-0.25, -0.2) is 9.59 Å². The number of nitrogens with zero attached hydrogens (tertiary/aromatic N) is 3. The highest BCUT2D eigenvalue weighted by Gasteiger charge is 2.56. The minimum Gasteiger partial charge on any atom is -0.467 e. The Morgan fingerprint density at radius 3 is 1.88 bits per heavy atom. The molecule has 5 N–H and O–H groups in total. The molecule has 4 rings (SSSR count). The molecule has 107 heavy (non-hydrogen) atoms. The van der Waals surface area contributed by atoms with Gasteiger partial charge in [0.25, 0.3) is 0 Å². The van der Waals surface area contributed by atoms with Gasteiger partial charge in [0, 0.05) is 86.3 Å². The second kappa shape index (κ2) is 46.6. The molecular formula is C75H113N7O25. The lowest BCUT2D eigenvalue weighted by atomic mass is 9.89. The summed E-state index contributed by atoms with van der Waals surface area (Å²) in [5.41, 5.74) is 0.704. The number of hydrogen-bond donors (Lipinski definition) is 5. The zero-order valence-electron chi connectivity index (χ0n) is 64.6. The van der Waals surface area contributed by atoms with Gasteiger partial charge in [-0.1, -0.05) is 91.1 Å². The van der Waals surface area contributed by atoms with Crippen molar-refractivity contribution >= 4 is 71.1 Å². The molecular weight excluding hydrogens is 1400 g/mol. The van der Waals surface area contributed by atoms with Crippen molar-refractivity contribution in [3.05, 3.63) is 59.7 Å². The molecule has 598 valence electrons. The van der Waals surface area contributed by atoms with Crippen LogP contribution in [-0.4, -0.2) is 260 Å². The van der Waals surface area contributed by atoms with E-state index in [2.05, 4.69) is 27.2 Å². The lowest BCUT2D eigenvalue weighted by Gasteiger charge is -2.43. The van der Waals surface area contributed by atoms with Crippen molar-refractivity contribution in [1.29, 1.82) is 0 Å². The van der Waals surface area contributed by atoms with Gasteiger partial charge in [-0.2, -0.15) is 0 Å². The minimum absolute atomic E-state index is 0.0271. The smallest absolute Gasteiger partial charge is 0.410 e. The maximum Gasteiger partial charge on any atom is 0.410 e. The van der Waals surface area contributed by atoms with Crippen LogP contribution in [0, 0.1) is 36.0 Å². The Morgan fingerprint density at radius 1 is 0.710 bits per heavy atom. The molecule has 7 amide bonds. The van der Waals surface area contributed by atoms with Gasteiger partial charge in [0.05, 0.1) is 102 Å². The molecule has 3 unspecified atom stereocenters. The number of benzene rings is 2. The molecule has 2 aromatic rings. The van der Waals surface area contributed by atoms with Gasteiger partial charge in [0.1, 0.15) is 31.0 Å². The van der Waals surface area contributed by atoms with E-state index >= 15 is 4.79 Å². The van der Waals surface area contributed by atoms with Crippen LogP contribution in [0.3, 0.4) is 0 Å². The van der Waals surface area contributed by atoms with Gasteiger partial charge in [-0.05, 0) is 61.3 Å². The van der Waals surface area contributed by atoms with Gasteiger partial charge >= 0.3 is 30.0 Å². The highest BCUT2D eigenvalue weighted by molar-refractivity contribution is 5.94. The van der Waals surface area contributed by atoms with Crippen molar-refractivity contribution < 1.29 is 119 Å². The zero-order valence-corrected chi connectivity index (χ0v) is 64.6. The summed E-state index contributed by atoms with van der Waals surface area (Å²) in [6.07, 6.45) is -6.39. The number of likely N-dealkylation sites (tertiary alicyclic amines) is 1. The van der Waals surface area contributed by atoms with Gasteiger partial charge in [0.15, 0.2) is 18.3 Å². The number of esters is 4. The Morgan fingerprint density at radius 2 is 1.31 bits per heavy atom. The van der Waals surface area contributed by atoms with Crippen LogP contribution in [0.2, 0.25) is 0 Å². The first-order valence-electron chi connectivity index (χ1n) is 36.1. The summed E-state index contributed by atoms with van der Waals surface area (Å²) < 4.78 is 73.3. The number of hydrogen-bond acceptors (Lipinski definition) is 25. The molecule has 2 aliphatic rings. The minimum atomic E-state index is -1.88. The van der Waals surface area contributed by atoms with E-state index in [-0.39, 0.29) is 87.0 Å². The number of carbonyl (C=O) groups is 11. The van der Waals surface area contributed by atoms with Crippen LogP contribution < -0.4 is 26.0 Å². The van der Waals surface area contributed by atoms with E-state index in [0.717, 1.165) is 32.8 Å². The molecule has 0 radical (unpaired) electrons. The fourth-order valence-corrected chi connectivity index (χ4v) is 12.7. The first-order valence-corrected chi connectivity index (χ1v) is 36.1. The largest absolute Gasteiger partial charge is 0.467 e. The molecule has 32 nitrogen and oxygen atoms in total. The monoisotopic (exact) mass is 1510 g/mol. The average Bonchev–Trinajstić information content (AvgIpc) is 1.07. The van der Waals surface area contributed by atoms with E-state index in [9.17, 15) is 53.1 Å². The van der Waals surface area contributed by atoms with Crippen molar-refractivity contribution in [2.24, 2.45) is 23.7 Å². The lowest BCUT2D eigenvalue weighted by molar-refractivity contribution is -0.282. The summed E-state index contributed by atoms with van der Waals surface area (Å²) in [7, 11) is 6.86. The van der Waals surface area contributed by atoms with E-state index in [1.165, 1.54) is 44.4 Å². The Hall–Kier alpha value is -8.55. The van der Waals surface area contributed by atoms with E-state index < -0.39 is 157 Å². The van der Waals surface area contributed by atoms with Crippen LogP contribution >= 0.6 is 0 Å². The Labute approximate surface area is 627 Å². The van der Waals surface area contributed by atoms with Crippen LogP contribution in [0.4, 0.5) is 10.5 Å². The van der Waals surface area contributed by atoms with Gasteiger partial charge in [0.2, 0.25) is 47.8 Å². The second-order valence-corrected chi connectivity index (χ2v) is 26.9. The van der Waals surface area contributed by atoms with Crippen molar-refractivity contribution in [3.8, 4) is 18.1 Å². The number of aliphatic hydroxyl groups is 1. The Bertz CT molecular complexity index is 3250. The molecule has 2 aromatic carbocycles. The molecule has 2 saturated heterocycles. The van der Waals surface area contributed by atoms with E-state index in [0.29, 0.717) is 57.8 Å². The number of ether oxygens (including phenoxy) is 13. The number of aliphatic hydroxyl groups excluding tert-OH is 1. The number of rotatable bonds is 45. The van der Waals surface area contributed by atoms with Gasteiger partial charge in [-0.15, -0.1) is 6.42 Å². The number of carbonyl (C=O) groups excluding carboxylic acids is 11. The molecule has 32 heteroatoms. The highest BCUT2D eigenvalue weighted by Crippen LogP contribution is 2.35. The Balaban J connectivity index is 1.56. The highest BCUT2D eigenvalue weighted by atomic mass is 16.7. The third kappa shape index (κ3) is 28.5. The van der Waals surface area contributed by atoms with E-state index in [1.54, 1.807) is 77.8 Å². The fraction of sp³-hybridized carbons (Fsp3) is 0.667. The maximum atomic E-state index is 15.1. The maximum absolute atomic E-state index is 15.1. The van der Waals surface area contributed by atoms with E-state index in [4.69, 9.17) is 68.0 Å². The Kier molecular flexibility index (Phi) is 39.6. The standard InChI is InChI=1S/C75H113N7O25/c1-18-33-98-35-37-100-39-40-101-38-36-99-34-31-76-58(86)29-30-59(87)78-54-27-28-56(106-74-69(105-51(12)85)67(104-50(11)84)66(103-49(10)83)68(107-74)73(93)97-17)53(41-54)43-102-75(94)81(14)62(45(5)6)71(91)79-61(44(3)4)72(92)80(13)63(46(7)19-2)57(95-15)42-60(88)82-32-23-26-55(82)65(96-16)47(8)70(90)77-48(9)64(89)52-24-21-20-22-25-52/h1,20-22,24-25,27-28,41,44-48,55,57,61-69,74,89H,19,23,26,29-40,42-43H2,2-17H3,(H,76,86)(H,77,90)(H,78,87)(H,79,91)/t46-,47+,48+,55-,57+,61-,62-,63-,64+,65+,66-,67?,68?,69?,74+/m0/s1. The normalized spacial score (nSPS) is 19.5. The molecule has 2 fully saturated rings. The summed E-state index contributed by atoms with van der Waals surface area (Å²) in [6.45, 7) is 19.4. The van der Waals surface area contributed by atoms with Crippen LogP contribution in [-0.2, 0) is 111 Å². The number of likely N-dealkylation sites (N-methyl/N-ethyl adjacent to an activating group) is 2. The molecule has 15 atom stereocenters. The topological polar surface area (TPSA) is 386 Å². The van der Waals surface area contributed by atoms with Crippen LogP contribution in [0.5, 0.6) is 5.75 Å². The number of methoxy groups -OCH3 is 3. The first-order chi connectivity index (χ1) is 50.8. The second-order valence-electron chi connectivity index (χ2n) is 26.9. The molecule has 0 spiro atoms. The van der Waals surface area contributed by atoms with Crippen molar-refractivity contribution in [1.82, 2.24) is 30.7 Å². The van der Waals surface area contributed by atoms with Crippen LogP contribution in [0.1, 0.15) is 132 Å². The summed E-state index contributed by atoms with van der Waals surface area (Å²) in [6, 6.07) is 8.66. The van der Waals surface area contributed by atoms with Gasteiger partial charge < -0.3 is 97.8 Å².